The smallest absolute Gasteiger partial charge is 0.109 e. The largest absolute Gasteiger partial charge is 0.398 e. The molecule has 0 radical (unpaired) electrons. The number of nitrogens with one attached hydrogen (secondary N) is 1. The van der Waals surface area contributed by atoms with Crippen molar-refractivity contribution in [2.75, 3.05) is 12.3 Å². The van der Waals surface area contributed by atoms with Crippen LogP contribution < -0.4 is 11.1 Å². The lowest BCUT2D eigenvalue weighted by Gasteiger charge is -2.41. The van der Waals surface area contributed by atoms with Crippen LogP contribution in [-0.4, -0.2) is 51.4 Å². The lowest BCUT2D eigenvalue weighted by atomic mass is 9.86. The first-order chi connectivity index (χ1) is 8.56. The molecule has 0 aromatic heterocycles. The van der Waals surface area contributed by atoms with E-state index in [1.807, 2.05) is 0 Å². The summed E-state index contributed by atoms with van der Waals surface area (Å²) in [5, 5.41) is 41.5. The molecule has 2 rings (SSSR count). The molecule has 0 saturated carbocycles. The van der Waals surface area contributed by atoms with Gasteiger partial charge in [-0.25, -0.2) is 0 Å². The summed E-state index contributed by atoms with van der Waals surface area (Å²) in [7, 11) is 0. The van der Waals surface area contributed by atoms with Crippen molar-refractivity contribution < 1.29 is 20.4 Å². The molecule has 0 bridgehead atoms. The summed E-state index contributed by atoms with van der Waals surface area (Å²) in [6, 6.07) is 5.63. The normalized spacial score (nSPS) is 36.6. The monoisotopic (exact) mass is 254 g/mol. The molecule has 18 heavy (non-hydrogen) atoms. The third-order valence-corrected chi connectivity index (χ3v) is 3.37. The van der Waals surface area contributed by atoms with Crippen LogP contribution in [0.3, 0.4) is 0 Å². The maximum absolute atomic E-state index is 9.99. The molecule has 0 amide bonds. The van der Waals surface area contributed by atoms with Crippen LogP contribution >= 0.6 is 0 Å². The molecule has 5 atom stereocenters. The second kappa shape index (κ2) is 5.21. The first-order valence-electron chi connectivity index (χ1n) is 5.81. The molecule has 0 spiro atoms. The van der Waals surface area contributed by atoms with E-state index in [2.05, 4.69) is 5.32 Å². The predicted molar refractivity (Wildman–Crippen MR) is 65.6 cm³/mol. The first-order valence-corrected chi connectivity index (χ1v) is 5.81. The van der Waals surface area contributed by atoms with E-state index in [1.54, 1.807) is 24.3 Å². The van der Waals surface area contributed by atoms with E-state index in [0.29, 0.717) is 11.3 Å². The van der Waals surface area contributed by atoms with Crippen molar-refractivity contribution in [3.05, 3.63) is 29.8 Å². The Balaban J connectivity index is 2.30. The molecular formula is C12H18N2O4. The summed E-state index contributed by atoms with van der Waals surface area (Å²) < 4.78 is 0. The van der Waals surface area contributed by atoms with E-state index in [9.17, 15) is 15.3 Å². The summed E-state index contributed by atoms with van der Waals surface area (Å²) in [6.07, 6.45) is -3.73. The molecule has 1 aliphatic rings. The highest BCUT2D eigenvalue weighted by Crippen LogP contribution is 2.30. The topological polar surface area (TPSA) is 119 Å². The standard InChI is InChI=1S/C12H18N2O4/c13-7-4-2-1-3-6(7)9-11(17)12(18)10(16)8(5-15)14-9/h1-4,8-12,14-18H,5,13H2/t8-,9+,10-,11-,12+/m1/s1. The number of hydrogen-bond acceptors (Lipinski definition) is 6. The first kappa shape index (κ1) is 13.3. The van der Waals surface area contributed by atoms with Gasteiger partial charge in [0.25, 0.3) is 0 Å². The summed E-state index contributed by atoms with van der Waals surface area (Å²) in [4.78, 5) is 0. The highest BCUT2D eigenvalue weighted by Gasteiger charge is 2.42. The van der Waals surface area contributed by atoms with Crippen molar-refractivity contribution in [3.63, 3.8) is 0 Å². The minimum absolute atomic E-state index is 0.339. The number of benzene rings is 1. The fraction of sp³-hybridized carbons (Fsp3) is 0.500. The molecule has 1 aliphatic heterocycles. The zero-order valence-corrected chi connectivity index (χ0v) is 9.77. The van der Waals surface area contributed by atoms with Crippen molar-refractivity contribution in [3.8, 4) is 0 Å². The molecule has 6 nitrogen and oxygen atoms in total. The molecule has 1 heterocycles. The number of anilines is 1. The van der Waals surface area contributed by atoms with Crippen LogP contribution in [-0.2, 0) is 0 Å². The van der Waals surface area contributed by atoms with Crippen molar-refractivity contribution in [2.45, 2.75) is 30.4 Å². The van der Waals surface area contributed by atoms with Gasteiger partial charge in [-0.1, -0.05) is 18.2 Å². The average molecular weight is 254 g/mol. The maximum Gasteiger partial charge on any atom is 0.109 e. The zero-order valence-electron chi connectivity index (χ0n) is 9.77. The van der Waals surface area contributed by atoms with Gasteiger partial charge in [0, 0.05) is 5.69 Å². The number of hydrogen-bond donors (Lipinski definition) is 6. The molecule has 1 fully saturated rings. The van der Waals surface area contributed by atoms with Crippen LogP contribution in [0.2, 0.25) is 0 Å². The molecule has 1 aromatic carbocycles. The van der Waals surface area contributed by atoms with E-state index in [-0.39, 0.29) is 6.61 Å². The van der Waals surface area contributed by atoms with Gasteiger partial charge < -0.3 is 31.5 Å². The number of rotatable bonds is 2. The molecule has 1 aromatic rings. The maximum atomic E-state index is 9.99. The summed E-state index contributed by atoms with van der Waals surface area (Å²) >= 11 is 0. The Bertz CT molecular complexity index is 413. The quantitative estimate of drug-likeness (QED) is 0.352. The fourth-order valence-corrected chi connectivity index (χ4v) is 2.29. The molecule has 1 saturated heterocycles. The highest BCUT2D eigenvalue weighted by molar-refractivity contribution is 5.49. The molecule has 0 unspecified atom stereocenters. The second-order valence-corrected chi connectivity index (χ2v) is 4.53. The number of nitrogen functional groups attached to an aromatic ring is 1. The predicted octanol–water partition coefficient (Wildman–Crippen LogP) is -1.64. The molecule has 7 N–H and O–H groups in total. The summed E-state index contributed by atoms with van der Waals surface area (Å²) in [5.41, 5.74) is 6.94. The molecule has 100 valence electrons. The van der Waals surface area contributed by atoms with Gasteiger partial charge in [0.1, 0.15) is 12.2 Å². The van der Waals surface area contributed by atoms with Crippen LogP contribution in [0.25, 0.3) is 0 Å². The number of aliphatic hydroxyl groups is 4. The van der Waals surface area contributed by atoms with E-state index in [1.165, 1.54) is 0 Å². The lowest BCUT2D eigenvalue weighted by molar-refractivity contribution is -0.120. The number of aliphatic hydroxyl groups excluding tert-OH is 4. The Kier molecular flexibility index (Phi) is 3.84. The van der Waals surface area contributed by atoms with Gasteiger partial charge in [0.15, 0.2) is 0 Å². The third kappa shape index (κ3) is 2.21. The van der Waals surface area contributed by atoms with Gasteiger partial charge in [-0.2, -0.15) is 0 Å². The van der Waals surface area contributed by atoms with E-state index < -0.39 is 30.4 Å². The highest BCUT2D eigenvalue weighted by atomic mass is 16.4. The van der Waals surface area contributed by atoms with Crippen LogP contribution in [0.1, 0.15) is 11.6 Å². The Morgan fingerprint density at radius 1 is 1.06 bits per heavy atom. The van der Waals surface area contributed by atoms with Crippen molar-refractivity contribution in [1.82, 2.24) is 5.32 Å². The zero-order chi connectivity index (χ0) is 13.3. The number of nitrogens with two attached hydrogens (primary N) is 1. The van der Waals surface area contributed by atoms with Gasteiger partial charge in [0.2, 0.25) is 0 Å². The van der Waals surface area contributed by atoms with Gasteiger partial charge in [-0.15, -0.1) is 0 Å². The van der Waals surface area contributed by atoms with Gasteiger partial charge in [0.05, 0.1) is 24.8 Å². The molecule has 0 aliphatic carbocycles. The van der Waals surface area contributed by atoms with E-state index in [4.69, 9.17) is 10.8 Å². The molecular weight excluding hydrogens is 236 g/mol. The van der Waals surface area contributed by atoms with Crippen molar-refractivity contribution in [2.24, 2.45) is 0 Å². The fourth-order valence-electron chi connectivity index (χ4n) is 2.29. The van der Waals surface area contributed by atoms with Gasteiger partial charge in [-0.05, 0) is 11.6 Å². The average Bonchev–Trinajstić information content (AvgIpc) is 2.38. The summed E-state index contributed by atoms with van der Waals surface area (Å²) in [6.45, 7) is -0.339. The van der Waals surface area contributed by atoms with Crippen molar-refractivity contribution in [1.29, 1.82) is 0 Å². The van der Waals surface area contributed by atoms with E-state index in [0.717, 1.165) is 0 Å². The van der Waals surface area contributed by atoms with Crippen molar-refractivity contribution >= 4 is 5.69 Å². The lowest BCUT2D eigenvalue weighted by Crippen LogP contribution is -2.62. The third-order valence-electron chi connectivity index (χ3n) is 3.37. The Morgan fingerprint density at radius 3 is 2.33 bits per heavy atom. The summed E-state index contributed by atoms with van der Waals surface area (Å²) in [5.74, 6) is 0. The Hall–Kier alpha value is -1.18. The number of para-hydroxylation sites is 1. The SMILES string of the molecule is Nc1ccccc1[C@@H]1N[C@H](CO)[C@@H](O)[C@H](O)[C@@H]1O. The van der Waals surface area contributed by atoms with Crippen LogP contribution in [0.4, 0.5) is 5.69 Å². The van der Waals surface area contributed by atoms with Crippen LogP contribution in [0.15, 0.2) is 24.3 Å². The second-order valence-electron chi connectivity index (χ2n) is 4.53. The van der Waals surface area contributed by atoms with Gasteiger partial charge >= 0.3 is 0 Å². The Labute approximate surface area is 105 Å². The van der Waals surface area contributed by atoms with E-state index >= 15 is 0 Å². The Morgan fingerprint density at radius 2 is 1.72 bits per heavy atom. The van der Waals surface area contributed by atoms with Crippen LogP contribution in [0.5, 0.6) is 0 Å². The van der Waals surface area contributed by atoms with Gasteiger partial charge in [-0.3, -0.25) is 0 Å². The minimum Gasteiger partial charge on any atom is -0.398 e. The minimum atomic E-state index is -1.33. The molecule has 6 heteroatoms. The van der Waals surface area contributed by atoms with Crippen LogP contribution in [0, 0.1) is 0 Å². The number of piperidine rings is 1.